The molecule has 1 heterocycles. The van der Waals surface area contributed by atoms with E-state index in [2.05, 4.69) is 28.7 Å². The predicted octanol–water partition coefficient (Wildman–Crippen LogP) is 0.295. The molecule has 1 aliphatic heterocycles. The van der Waals surface area contributed by atoms with E-state index in [-0.39, 0.29) is 0 Å². The third kappa shape index (κ3) is 6.36. The zero-order valence-corrected chi connectivity index (χ0v) is 11.7. The fourth-order valence-electron chi connectivity index (χ4n) is 2.25. The lowest BCUT2D eigenvalue weighted by molar-refractivity contribution is 0.135. The average Bonchev–Trinajstić information content (AvgIpc) is 2.35. The number of rotatable bonds is 8. The molecular formula is C13H30N4. The quantitative estimate of drug-likeness (QED) is 0.664. The van der Waals surface area contributed by atoms with Crippen molar-refractivity contribution >= 4 is 0 Å². The molecule has 0 amide bonds. The van der Waals surface area contributed by atoms with E-state index in [1.165, 1.54) is 58.7 Å². The van der Waals surface area contributed by atoms with Crippen LogP contribution < -0.4 is 5.73 Å². The minimum absolute atomic E-state index is 0.784. The molecule has 0 radical (unpaired) electrons. The first-order valence-corrected chi connectivity index (χ1v) is 7.09. The van der Waals surface area contributed by atoms with Gasteiger partial charge in [0.2, 0.25) is 0 Å². The Bertz CT molecular complexity index is 178. The van der Waals surface area contributed by atoms with E-state index in [9.17, 15) is 0 Å². The van der Waals surface area contributed by atoms with Crippen LogP contribution in [0.1, 0.15) is 19.8 Å². The Morgan fingerprint density at radius 1 is 1.06 bits per heavy atom. The van der Waals surface area contributed by atoms with E-state index >= 15 is 0 Å². The van der Waals surface area contributed by atoms with E-state index in [1.807, 2.05) is 0 Å². The largest absolute Gasteiger partial charge is 0.329 e. The van der Waals surface area contributed by atoms with Crippen LogP contribution in [0.2, 0.25) is 0 Å². The first-order valence-electron chi connectivity index (χ1n) is 7.09. The van der Waals surface area contributed by atoms with Gasteiger partial charge in [-0.2, -0.15) is 0 Å². The summed E-state index contributed by atoms with van der Waals surface area (Å²) in [5, 5.41) is 0. The SMILES string of the molecule is CCCCN(CCN)CCN1CCN(C)CC1. The van der Waals surface area contributed by atoms with Gasteiger partial charge in [0, 0.05) is 52.4 Å². The van der Waals surface area contributed by atoms with Crippen molar-refractivity contribution in [3.8, 4) is 0 Å². The van der Waals surface area contributed by atoms with Gasteiger partial charge in [-0.05, 0) is 20.0 Å². The lowest BCUT2D eigenvalue weighted by atomic mass is 10.3. The monoisotopic (exact) mass is 242 g/mol. The van der Waals surface area contributed by atoms with Crippen molar-refractivity contribution in [1.82, 2.24) is 14.7 Å². The smallest absolute Gasteiger partial charge is 0.0110 e. The molecule has 0 aliphatic carbocycles. The van der Waals surface area contributed by atoms with Crippen LogP contribution in [-0.2, 0) is 0 Å². The standard InChI is InChI=1S/C13H30N4/c1-3-4-6-16(7-5-14)12-13-17-10-8-15(2)9-11-17/h3-14H2,1-2H3. The van der Waals surface area contributed by atoms with Crippen LogP contribution in [0.4, 0.5) is 0 Å². The first kappa shape index (κ1) is 14.9. The second-order valence-electron chi connectivity index (χ2n) is 5.13. The van der Waals surface area contributed by atoms with E-state index in [0.29, 0.717) is 0 Å². The third-order valence-electron chi connectivity index (χ3n) is 3.60. The molecular weight excluding hydrogens is 212 g/mol. The van der Waals surface area contributed by atoms with E-state index in [4.69, 9.17) is 5.73 Å². The average molecular weight is 242 g/mol. The molecule has 4 heteroatoms. The molecule has 1 saturated heterocycles. The second kappa shape index (κ2) is 8.86. The van der Waals surface area contributed by atoms with Crippen LogP contribution in [0.5, 0.6) is 0 Å². The van der Waals surface area contributed by atoms with Crippen LogP contribution in [0.3, 0.4) is 0 Å². The van der Waals surface area contributed by atoms with Crippen molar-refractivity contribution in [2.45, 2.75) is 19.8 Å². The fourth-order valence-corrected chi connectivity index (χ4v) is 2.25. The number of hydrogen-bond donors (Lipinski definition) is 1. The highest BCUT2D eigenvalue weighted by Gasteiger charge is 2.14. The number of likely N-dealkylation sites (N-methyl/N-ethyl adjacent to an activating group) is 1. The summed E-state index contributed by atoms with van der Waals surface area (Å²) in [7, 11) is 2.21. The van der Waals surface area contributed by atoms with Gasteiger partial charge in [-0.3, -0.25) is 4.90 Å². The Hall–Kier alpha value is -0.160. The number of hydrogen-bond acceptors (Lipinski definition) is 4. The Morgan fingerprint density at radius 3 is 2.35 bits per heavy atom. The van der Waals surface area contributed by atoms with Crippen molar-refractivity contribution in [3.05, 3.63) is 0 Å². The Morgan fingerprint density at radius 2 is 1.76 bits per heavy atom. The molecule has 0 aromatic heterocycles. The zero-order valence-electron chi connectivity index (χ0n) is 11.7. The molecule has 0 unspecified atom stereocenters. The highest BCUT2D eigenvalue weighted by atomic mass is 15.3. The highest BCUT2D eigenvalue weighted by Crippen LogP contribution is 2.00. The molecule has 1 rings (SSSR count). The van der Waals surface area contributed by atoms with Crippen molar-refractivity contribution in [1.29, 1.82) is 0 Å². The number of nitrogens with zero attached hydrogens (tertiary/aromatic N) is 3. The summed E-state index contributed by atoms with van der Waals surface area (Å²) < 4.78 is 0. The topological polar surface area (TPSA) is 35.7 Å². The summed E-state index contributed by atoms with van der Waals surface area (Å²) >= 11 is 0. The van der Waals surface area contributed by atoms with Crippen LogP contribution in [0, 0.1) is 0 Å². The summed E-state index contributed by atoms with van der Waals surface area (Å²) in [5.41, 5.74) is 5.67. The molecule has 0 spiro atoms. The van der Waals surface area contributed by atoms with Gasteiger partial charge in [0.15, 0.2) is 0 Å². The second-order valence-corrected chi connectivity index (χ2v) is 5.13. The van der Waals surface area contributed by atoms with Gasteiger partial charge in [-0.1, -0.05) is 13.3 Å². The highest BCUT2D eigenvalue weighted by molar-refractivity contribution is 4.71. The van der Waals surface area contributed by atoms with Crippen LogP contribution in [-0.4, -0.2) is 80.7 Å². The maximum Gasteiger partial charge on any atom is 0.0110 e. The van der Waals surface area contributed by atoms with Crippen molar-refractivity contribution in [3.63, 3.8) is 0 Å². The molecule has 0 bridgehead atoms. The van der Waals surface area contributed by atoms with E-state index in [1.54, 1.807) is 0 Å². The van der Waals surface area contributed by atoms with Gasteiger partial charge < -0.3 is 15.5 Å². The molecule has 0 aromatic rings. The Labute approximate surface area is 107 Å². The molecule has 0 atom stereocenters. The van der Waals surface area contributed by atoms with E-state index < -0.39 is 0 Å². The van der Waals surface area contributed by atoms with Gasteiger partial charge in [0.1, 0.15) is 0 Å². The summed E-state index contributed by atoms with van der Waals surface area (Å²) in [6, 6.07) is 0. The first-order chi connectivity index (χ1) is 8.26. The molecule has 0 saturated carbocycles. The van der Waals surface area contributed by atoms with Gasteiger partial charge in [-0.25, -0.2) is 0 Å². The summed E-state index contributed by atoms with van der Waals surface area (Å²) in [5.74, 6) is 0. The Balaban J connectivity index is 2.16. The number of unbranched alkanes of at least 4 members (excludes halogenated alkanes) is 1. The number of nitrogens with two attached hydrogens (primary N) is 1. The maximum absolute atomic E-state index is 5.67. The van der Waals surface area contributed by atoms with Crippen molar-refractivity contribution < 1.29 is 0 Å². The summed E-state index contributed by atoms with van der Waals surface area (Å²) in [4.78, 5) is 7.50. The van der Waals surface area contributed by atoms with E-state index in [0.717, 1.165) is 13.1 Å². The normalized spacial score (nSPS) is 19.1. The predicted molar refractivity (Wildman–Crippen MR) is 74.3 cm³/mol. The lowest BCUT2D eigenvalue weighted by Crippen LogP contribution is -2.47. The lowest BCUT2D eigenvalue weighted by Gasteiger charge is -2.34. The molecule has 4 nitrogen and oxygen atoms in total. The molecule has 1 fully saturated rings. The molecule has 1 aliphatic rings. The number of piperazine rings is 1. The minimum Gasteiger partial charge on any atom is -0.329 e. The van der Waals surface area contributed by atoms with Gasteiger partial charge >= 0.3 is 0 Å². The van der Waals surface area contributed by atoms with Gasteiger partial charge in [0.25, 0.3) is 0 Å². The van der Waals surface area contributed by atoms with Crippen molar-refractivity contribution in [2.75, 3.05) is 66.0 Å². The molecule has 2 N–H and O–H groups in total. The van der Waals surface area contributed by atoms with Crippen LogP contribution in [0.15, 0.2) is 0 Å². The van der Waals surface area contributed by atoms with Crippen LogP contribution in [0.25, 0.3) is 0 Å². The maximum atomic E-state index is 5.67. The third-order valence-corrected chi connectivity index (χ3v) is 3.60. The molecule has 102 valence electrons. The van der Waals surface area contributed by atoms with Gasteiger partial charge in [0.05, 0.1) is 0 Å². The summed E-state index contributed by atoms with van der Waals surface area (Å²) in [6.07, 6.45) is 2.57. The molecule has 0 aromatic carbocycles. The van der Waals surface area contributed by atoms with Gasteiger partial charge in [-0.15, -0.1) is 0 Å². The van der Waals surface area contributed by atoms with Crippen LogP contribution >= 0.6 is 0 Å². The van der Waals surface area contributed by atoms with Crippen molar-refractivity contribution in [2.24, 2.45) is 5.73 Å². The summed E-state index contributed by atoms with van der Waals surface area (Å²) in [6.45, 7) is 12.6. The molecule has 17 heavy (non-hydrogen) atoms. The fraction of sp³-hybridized carbons (Fsp3) is 1.00. The minimum atomic E-state index is 0.784. The Kier molecular flexibility index (Phi) is 7.77. The zero-order chi connectivity index (χ0) is 12.5.